The average Bonchev–Trinajstić information content (AvgIpc) is 3.15. The molecule has 0 radical (unpaired) electrons. The molecule has 10 nitrogen and oxygen atoms in total. The van der Waals surface area contributed by atoms with E-state index in [0.717, 1.165) is 23.8 Å². The summed E-state index contributed by atoms with van der Waals surface area (Å²) in [6.07, 6.45) is 5.12. The van der Waals surface area contributed by atoms with Gasteiger partial charge in [0, 0.05) is 25.4 Å². The van der Waals surface area contributed by atoms with Gasteiger partial charge in [0.15, 0.2) is 6.29 Å². The van der Waals surface area contributed by atoms with Crippen molar-refractivity contribution in [2.75, 3.05) is 37.7 Å². The van der Waals surface area contributed by atoms with Crippen molar-refractivity contribution in [3.63, 3.8) is 0 Å². The Morgan fingerprint density at radius 3 is 2.47 bits per heavy atom. The number of aryl methyl sites for hydroxylation is 1. The van der Waals surface area contributed by atoms with Gasteiger partial charge in [-0.2, -0.15) is 0 Å². The molecule has 10 heteroatoms. The summed E-state index contributed by atoms with van der Waals surface area (Å²) >= 11 is 0. The number of hydrogen-bond donors (Lipinski definition) is 2. The number of piperidine rings is 1. The zero-order valence-electron chi connectivity index (χ0n) is 24.9. The first-order chi connectivity index (χ1) is 20.9. The van der Waals surface area contributed by atoms with E-state index >= 15 is 0 Å². The predicted molar refractivity (Wildman–Crippen MR) is 162 cm³/mol. The van der Waals surface area contributed by atoms with Crippen LogP contribution in [0.1, 0.15) is 56.6 Å². The molecule has 2 heterocycles. The summed E-state index contributed by atoms with van der Waals surface area (Å²) in [5, 5.41) is 12.7. The van der Waals surface area contributed by atoms with Crippen molar-refractivity contribution < 1.29 is 33.8 Å². The molecule has 0 aromatic heterocycles. The Morgan fingerprint density at radius 1 is 1.05 bits per heavy atom. The van der Waals surface area contributed by atoms with E-state index in [-0.39, 0.29) is 31.1 Å². The van der Waals surface area contributed by atoms with Crippen molar-refractivity contribution in [2.45, 2.75) is 70.1 Å². The molecule has 1 saturated heterocycles. The number of amides is 2. The van der Waals surface area contributed by atoms with Crippen LogP contribution in [0.15, 0.2) is 54.6 Å². The lowest BCUT2D eigenvalue weighted by atomic mass is 9.78. The van der Waals surface area contributed by atoms with Gasteiger partial charge in [0.2, 0.25) is 5.91 Å². The van der Waals surface area contributed by atoms with Crippen LogP contribution in [0.25, 0.3) is 0 Å². The molecule has 43 heavy (non-hydrogen) atoms. The quantitative estimate of drug-likeness (QED) is 0.247. The Labute approximate surface area is 253 Å². The first-order valence-electron chi connectivity index (χ1n) is 15.3. The maximum Gasteiger partial charge on any atom is 0.410 e. The minimum absolute atomic E-state index is 0.0115. The van der Waals surface area contributed by atoms with Crippen molar-refractivity contribution in [3.8, 4) is 0 Å². The summed E-state index contributed by atoms with van der Waals surface area (Å²) in [5.74, 6) is -1.31. The molecule has 4 rings (SSSR count). The number of aldehydes is 1. The van der Waals surface area contributed by atoms with Crippen LogP contribution in [0.3, 0.4) is 0 Å². The van der Waals surface area contributed by atoms with Gasteiger partial charge in [0.25, 0.3) is 0 Å². The Hall–Kier alpha value is -3.76. The van der Waals surface area contributed by atoms with Crippen molar-refractivity contribution in [2.24, 2.45) is 5.92 Å². The van der Waals surface area contributed by atoms with Gasteiger partial charge in [-0.3, -0.25) is 14.5 Å². The minimum atomic E-state index is -1.06. The van der Waals surface area contributed by atoms with Crippen molar-refractivity contribution >= 4 is 29.9 Å². The van der Waals surface area contributed by atoms with E-state index in [2.05, 4.69) is 5.32 Å². The maximum atomic E-state index is 13.3. The molecule has 2 aromatic rings. The Morgan fingerprint density at radius 2 is 1.77 bits per heavy atom. The van der Waals surface area contributed by atoms with Crippen LogP contribution in [-0.2, 0) is 36.9 Å². The van der Waals surface area contributed by atoms with Crippen LogP contribution in [0.2, 0.25) is 0 Å². The van der Waals surface area contributed by atoms with E-state index in [1.807, 2.05) is 55.5 Å². The summed E-state index contributed by atoms with van der Waals surface area (Å²) in [4.78, 5) is 52.9. The van der Waals surface area contributed by atoms with E-state index in [9.17, 15) is 24.3 Å². The van der Waals surface area contributed by atoms with Crippen molar-refractivity contribution in [1.82, 2.24) is 10.2 Å². The Bertz CT molecular complexity index is 1230. The van der Waals surface area contributed by atoms with Gasteiger partial charge in [-0.05, 0) is 81.5 Å². The van der Waals surface area contributed by atoms with E-state index in [0.29, 0.717) is 70.5 Å². The second-order valence-electron chi connectivity index (χ2n) is 11.3. The van der Waals surface area contributed by atoms with Gasteiger partial charge in [-0.1, -0.05) is 48.5 Å². The van der Waals surface area contributed by atoms with E-state index in [4.69, 9.17) is 9.47 Å². The van der Waals surface area contributed by atoms with Gasteiger partial charge in [0.1, 0.15) is 18.8 Å². The number of carbonyl (C=O) groups is 4. The molecule has 0 bridgehead atoms. The zero-order valence-corrected chi connectivity index (χ0v) is 24.9. The number of benzene rings is 2. The number of nitrogens with one attached hydrogen (secondary N) is 1. The normalized spacial score (nSPS) is 18.8. The molecule has 0 aliphatic carbocycles. The fraction of sp³-hybridized carbons (Fsp3) is 0.515. The highest BCUT2D eigenvalue weighted by Gasteiger charge is 2.41. The fourth-order valence-corrected chi connectivity index (χ4v) is 6.22. The van der Waals surface area contributed by atoms with Crippen molar-refractivity contribution in [1.29, 1.82) is 0 Å². The lowest BCUT2D eigenvalue weighted by Gasteiger charge is -2.41. The molecule has 0 spiro atoms. The molecule has 1 fully saturated rings. The molecular formula is C33H43N3O7. The summed E-state index contributed by atoms with van der Waals surface area (Å²) in [6.45, 7) is 3.69. The van der Waals surface area contributed by atoms with Crippen LogP contribution < -0.4 is 10.2 Å². The molecule has 232 valence electrons. The highest BCUT2D eigenvalue weighted by atomic mass is 16.6. The fourth-order valence-electron chi connectivity index (χ4n) is 6.22. The number of fused-ring (bicyclic) bond motifs is 1. The number of carboxylic acid groups (broad SMARTS) is 1. The monoisotopic (exact) mass is 593 g/mol. The maximum absolute atomic E-state index is 13.3. The Kier molecular flexibility index (Phi) is 11.7. The Balaban J connectivity index is 1.26. The molecule has 2 aliphatic heterocycles. The third kappa shape index (κ3) is 8.42. The summed E-state index contributed by atoms with van der Waals surface area (Å²) in [5.41, 5.74) is 1.63. The van der Waals surface area contributed by atoms with Gasteiger partial charge in [0.05, 0.1) is 6.04 Å². The number of rotatable bonds is 14. The third-order valence-corrected chi connectivity index (χ3v) is 8.49. The van der Waals surface area contributed by atoms with E-state index in [1.54, 1.807) is 11.0 Å². The second-order valence-corrected chi connectivity index (χ2v) is 11.3. The number of hydrogen-bond acceptors (Lipinski definition) is 7. The average molecular weight is 594 g/mol. The van der Waals surface area contributed by atoms with Gasteiger partial charge in [-0.25, -0.2) is 4.79 Å². The number of carboxylic acids is 1. The molecule has 2 aromatic carbocycles. The van der Waals surface area contributed by atoms with Crippen LogP contribution in [0.5, 0.6) is 0 Å². The number of para-hydroxylation sites is 1. The highest BCUT2D eigenvalue weighted by Crippen LogP contribution is 2.35. The number of nitrogens with zero attached hydrogens (tertiary/aromatic N) is 2. The third-order valence-electron chi connectivity index (χ3n) is 8.49. The summed E-state index contributed by atoms with van der Waals surface area (Å²) < 4.78 is 11.6. The standard InChI is InChI=1S/C33H43N3O7/c1-2-43-33(24-37,27-16-20-35(21-17-27)32(41)42-23-25-10-4-3-5-11-25)18-8-9-19-34-28-15-14-26-12-6-7-13-29(26)36(31(28)40)22-30(38)39/h3-7,10-13,24,27-28,34H,2,8-9,14-23H2,1H3,(H,38,39)/t28-,33?/m0/s1. The minimum Gasteiger partial charge on any atom is -0.480 e. The second kappa shape index (κ2) is 15.6. The molecule has 2 amide bonds. The van der Waals surface area contributed by atoms with E-state index in [1.165, 1.54) is 4.90 Å². The van der Waals surface area contributed by atoms with E-state index < -0.39 is 17.6 Å². The first kappa shape index (κ1) is 32.2. The lowest BCUT2D eigenvalue weighted by molar-refractivity contribution is -0.144. The van der Waals surface area contributed by atoms with Gasteiger partial charge >= 0.3 is 12.1 Å². The van der Waals surface area contributed by atoms with Crippen LogP contribution >= 0.6 is 0 Å². The molecular weight excluding hydrogens is 550 g/mol. The van der Waals surface area contributed by atoms with Gasteiger partial charge in [-0.15, -0.1) is 0 Å². The number of ether oxygens (including phenoxy) is 2. The number of anilines is 1. The summed E-state index contributed by atoms with van der Waals surface area (Å²) in [7, 11) is 0. The smallest absolute Gasteiger partial charge is 0.410 e. The SMILES string of the molecule is CCOC(C=O)(CCCCN[C@H]1CCc2ccccc2N(CC(=O)O)C1=O)C1CCN(C(=O)OCc2ccccc2)CC1. The molecule has 2 aliphatic rings. The number of likely N-dealkylation sites (tertiary alicyclic amines) is 1. The van der Waals surface area contributed by atoms with Crippen LogP contribution in [-0.4, -0.2) is 78.7 Å². The first-order valence-corrected chi connectivity index (χ1v) is 15.3. The number of aliphatic carboxylic acids is 1. The molecule has 0 saturated carbocycles. The molecule has 2 N–H and O–H groups in total. The predicted octanol–water partition coefficient (Wildman–Crippen LogP) is 4.20. The molecule has 1 unspecified atom stereocenters. The lowest BCUT2D eigenvalue weighted by Crippen LogP contribution is -2.49. The molecule has 2 atom stereocenters. The number of carbonyl (C=O) groups excluding carboxylic acids is 3. The highest BCUT2D eigenvalue weighted by molar-refractivity contribution is 6.01. The van der Waals surface area contributed by atoms with Crippen LogP contribution in [0, 0.1) is 5.92 Å². The largest absolute Gasteiger partial charge is 0.480 e. The number of unbranched alkanes of at least 4 members (excludes halogenated alkanes) is 1. The van der Waals surface area contributed by atoms with Crippen LogP contribution in [0.4, 0.5) is 10.5 Å². The summed E-state index contributed by atoms with van der Waals surface area (Å²) in [6, 6.07) is 16.5. The van der Waals surface area contributed by atoms with Gasteiger partial charge < -0.3 is 29.6 Å². The zero-order chi connectivity index (χ0) is 30.7. The van der Waals surface area contributed by atoms with Crippen molar-refractivity contribution in [3.05, 3.63) is 65.7 Å². The topological polar surface area (TPSA) is 125 Å².